The number of carbonyl (C=O) groups excluding carboxylic acids is 2. The number of piperazine rings is 1. The lowest BCUT2D eigenvalue weighted by Crippen LogP contribution is -2.50. The predicted octanol–water partition coefficient (Wildman–Crippen LogP) is 5.84. The summed E-state index contributed by atoms with van der Waals surface area (Å²) in [5.74, 6) is -2.91. The number of carbonyl (C=O) groups is 2. The topological polar surface area (TPSA) is 107 Å². The van der Waals surface area contributed by atoms with E-state index in [1.807, 2.05) is 5.32 Å². The van der Waals surface area contributed by atoms with Gasteiger partial charge in [0.25, 0.3) is 11.9 Å². The molecule has 17 heteroatoms. The summed E-state index contributed by atoms with van der Waals surface area (Å²) in [5.41, 5.74) is -3.60. The Morgan fingerprint density at radius 1 is 0.818 bits per heavy atom. The van der Waals surface area contributed by atoms with Crippen LogP contribution in [0.15, 0.2) is 40.9 Å². The molecule has 2 aromatic heterocycles. The summed E-state index contributed by atoms with van der Waals surface area (Å²) in [6, 6.07) is 4.14. The fourth-order valence-corrected chi connectivity index (χ4v) is 4.92. The molecule has 0 atom stereocenters. The molecule has 1 aromatic carbocycles. The number of anilines is 4. The average molecular weight is 630 g/mol. The molecular weight excluding hydrogens is 603 g/mol. The molecule has 2 N–H and O–H groups in total. The van der Waals surface area contributed by atoms with Crippen LogP contribution in [0.2, 0.25) is 0 Å². The molecule has 3 aromatic rings. The fraction of sp³-hybridized carbons (Fsp3) is 0.407. The van der Waals surface area contributed by atoms with Gasteiger partial charge in [-0.05, 0) is 43.5 Å². The number of halogens is 7. The second-order valence-electron chi connectivity index (χ2n) is 10.1. The Morgan fingerprint density at radius 2 is 1.52 bits per heavy atom. The number of nitrogens with zero attached hydrogens (tertiary/aromatic N) is 5. The first-order chi connectivity index (χ1) is 20.8. The van der Waals surface area contributed by atoms with E-state index in [4.69, 9.17) is 4.42 Å². The maximum absolute atomic E-state index is 14.1. The zero-order valence-electron chi connectivity index (χ0n) is 22.9. The van der Waals surface area contributed by atoms with Gasteiger partial charge in [0.15, 0.2) is 5.69 Å². The second kappa shape index (κ2) is 12.2. The first-order valence-corrected chi connectivity index (χ1v) is 13.6. The molecule has 0 saturated carbocycles. The molecule has 236 valence electrons. The van der Waals surface area contributed by atoms with E-state index in [9.17, 15) is 40.3 Å². The van der Waals surface area contributed by atoms with Crippen molar-refractivity contribution in [3.8, 4) is 0 Å². The van der Waals surface area contributed by atoms with E-state index in [-0.39, 0.29) is 37.9 Å². The van der Waals surface area contributed by atoms with Crippen molar-refractivity contribution < 1.29 is 44.7 Å². The van der Waals surface area contributed by atoms with E-state index in [1.54, 1.807) is 9.80 Å². The third-order valence-electron chi connectivity index (χ3n) is 7.16. The highest BCUT2D eigenvalue weighted by Gasteiger charge is 2.42. The number of para-hydroxylation sites is 1. The third kappa shape index (κ3) is 6.81. The van der Waals surface area contributed by atoms with E-state index in [0.29, 0.717) is 25.0 Å². The first kappa shape index (κ1) is 30.9. The molecule has 0 aliphatic carbocycles. The minimum atomic E-state index is -4.92. The number of benzene rings is 1. The zero-order chi connectivity index (χ0) is 31.6. The van der Waals surface area contributed by atoms with Crippen LogP contribution in [0.1, 0.15) is 41.1 Å². The monoisotopic (exact) mass is 629 g/mol. The van der Waals surface area contributed by atoms with Crippen LogP contribution in [0, 0.1) is 5.82 Å². The highest BCUT2D eigenvalue weighted by atomic mass is 19.4. The van der Waals surface area contributed by atoms with Gasteiger partial charge in [0.1, 0.15) is 11.6 Å². The Hall–Kier alpha value is -4.57. The number of urea groups is 1. The van der Waals surface area contributed by atoms with E-state index >= 15 is 0 Å². The van der Waals surface area contributed by atoms with Crippen LogP contribution in [-0.4, -0.2) is 66.1 Å². The average Bonchev–Trinajstić information content (AvgIpc) is 3.46. The van der Waals surface area contributed by atoms with Crippen molar-refractivity contribution in [3.63, 3.8) is 0 Å². The summed E-state index contributed by atoms with van der Waals surface area (Å²) < 4.78 is 100. The van der Waals surface area contributed by atoms with Crippen molar-refractivity contribution in [1.29, 1.82) is 0 Å². The molecule has 0 spiro atoms. The van der Waals surface area contributed by atoms with Crippen LogP contribution in [-0.2, 0) is 12.4 Å². The number of amides is 3. The first-order valence-electron chi connectivity index (χ1n) is 13.6. The van der Waals surface area contributed by atoms with Gasteiger partial charge in [-0.1, -0.05) is 6.07 Å². The number of aromatic nitrogens is 2. The third-order valence-corrected chi connectivity index (χ3v) is 7.16. The molecule has 3 amide bonds. The number of alkyl halides is 6. The molecule has 0 bridgehead atoms. The predicted molar refractivity (Wildman–Crippen MR) is 144 cm³/mol. The van der Waals surface area contributed by atoms with Crippen molar-refractivity contribution in [3.05, 3.63) is 59.4 Å². The number of nitrogens with one attached hydrogen (secondary N) is 2. The Balaban J connectivity index is 1.19. The molecular formula is C27H26F7N7O3. The van der Waals surface area contributed by atoms with Crippen LogP contribution in [0.3, 0.4) is 0 Å². The largest absolute Gasteiger partial charge is 0.437 e. The van der Waals surface area contributed by atoms with Crippen molar-refractivity contribution in [2.75, 3.05) is 59.7 Å². The lowest BCUT2D eigenvalue weighted by molar-refractivity contribution is -0.141. The van der Waals surface area contributed by atoms with Crippen LogP contribution >= 0.6 is 0 Å². The molecule has 44 heavy (non-hydrogen) atoms. The highest BCUT2D eigenvalue weighted by Crippen LogP contribution is 2.37. The number of pyridine rings is 1. The quantitative estimate of drug-likeness (QED) is 0.342. The fourth-order valence-electron chi connectivity index (χ4n) is 4.92. The van der Waals surface area contributed by atoms with Gasteiger partial charge in [-0.2, -0.15) is 31.3 Å². The minimum Gasteiger partial charge on any atom is -0.417 e. The normalized spacial score (nSPS) is 16.2. The van der Waals surface area contributed by atoms with Gasteiger partial charge >= 0.3 is 18.4 Å². The standard InChI is InChI=1S/C27H26F7N7O3/c28-18-6-4-5-17(26(29,30)31)20(18)37-24(43)40-13-11-39(12-14-40)19-8-7-16(15-35-19)36-23(42)21-22(27(32,33)34)38-25(44-21)41-9-2-1-3-10-41/h4-8,15H,1-3,9-14H2,(H,36,42)(H,37,43). The maximum Gasteiger partial charge on any atom is 0.437 e. The molecule has 10 nitrogen and oxygen atoms in total. The Bertz CT molecular complexity index is 1490. The minimum absolute atomic E-state index is 0.0763. The summed E-state index contributed by atoms with van der Waals surface area (Å²) in [6.07, 6.45) is -6.08. The lowest BCUT2D eigenvalue weighted by Gasteiger charge is -2.35. The van der Waals surface area contributed by atoms with E-state index < -0.39 is 52.8 Å². The van der Waals surface area contributed by atoms with Gasteiger partial charge in [-0.3, -0.25) is 4.79 Å². The Morgan fingerprint density at radius 3 is 2.14 bits per heavy atom. The van der Waals surface area contributed by atoms with E-state index in [1.165, 1.54) is 23.2 Å². The Labute approximate surface area is 245 Å². The molecule has 2 aliphatic heterocycles. The van der Waals surface area contributed by atoms with E-state index in [2.05, 4.69) is 15.3 Å². The van der Waals surface area contributed by atoms with Crippen molar-refractivity contribution in [1.82, 2.24) is 14.9 Å². The van der Waals surface area contributed by atoms with Gasteiger partial charge in [0.05, 0.1) is 23.1 Å². The number of oxazole rings is 1. The smallest absolute Gasteiger partial charge is 0.417 e. The van der Waals surface area contributed by atoms with Gasteiger partial charge in [-0.15, -0.1) is 0 Å². The summed E-state index contributed by atoms with van der Waals surface area (Å²) >= 11 is 0. The highest BCUT2D eigenvalue weighted by molar-refractivity contribution is 6.03. The number of hydrogen-bond acceptors (Lipinski definition) is 7. The lowest BCUT2D eigenvalue weighted by atomic mass is 10.1. The van der Waals surface area contributed by atoms with Crippen molar-refractivity contribution >= 4 is 35.1 Å². The molecule has 2 fully saturated rings. The zero-order valence-corrected chi connectivity index (χ0v) is 22.9. The summed E-state index contributed by atoms with van der Waals surface area (Å²) in [7, 11) is 0. The number of rotatable bonds is 5. The maximum atomic E-state index is 14.1. The van der Waals surface area contributed by atoms with Gasteiger partial charge in [0.2, 0.25) is 5.76 Å². The molecule has 4 heterocycles. The van der Waals surface area contributed by atoms with Gasteiger partial charge < -0.3 is 29.8 Å². The molecule has 2 aliphatic rings. The molecule has 5 rings (SSSR count). The van der Waals surface area contributed by atoms with Crippen LogP contribution in [0.25, 0.3) is 0 Å². The van der Waals surface area contributed by atoms with Crippen LogP contribution in [0.4, 0.5) is 58.7 Å². The molecule has 2 saturated heterocycles. The molecule has 0 radical (unpaired) electrons. The van der Waals surface area contributed by atoms with Gasteiger partial charge in [-0.25, -0.2) is 14.2 Å². The number of hydrogen-bond donors (Lipinski definition) is 2. The summed E-state index contributed by atoms with van der Waals surface area (Å²) in [4.78, 5) is 37.7. The van der Waals surface area contributed by atoms with Crippen LogP contribution in [0.5, 0.6) is 0 Å². The second-order valence-corrected chi connectivity index (χ2v) is 10.1. The van der Waals surface area contributed by atoms with E-state index in [0.717, 1.165) is 31.4 Å². The summed E-state index contributed by atoms with van der Waals surface area (Å²) in [6.45, 7) is 1.53. The van der Waals surface area contributed by atoms with Crippen molar-refractivity contribution in [2.24, 2.45) is 0 Å². The molecule has 0 unspecified atom stereocenters. The summed E-state index contributed by atoms with van der Waals surface area (Å²) in [5, 5.41) is 4.35. The van der Waals surface area contributed by atoms with Gasteiger partial charge in [0, 0.05) is 39.3 Å². The van der Waals surface area contributed by atoms with Crippen molar-refractivity contribution in [2.45, 2.75) is 31.6 Å². The number of piperidine rings is 1. The SMILES string of the molecule is O=C(Nc1ccc(N2CCN(C(=O)Nc3c(F)cccc3C(F)(F)F)CC2)nc1)c1oc(N2CCCCC2)nc1C(F)(F)F. The van der Waals surface area contributed by atoms with Crippen LogP contribution < -0.4 is 20.4 Å². The Kier molecular flexibility index (Phi) is 8.56.